The van der Waals surface area contributed by atoms with Crippen LogP contribution in [0, 0.1) is 6.92 Å². The molecule has 23 heavy (non-hydrogen) atoms. The second-order valence-electron chi connectivity index (χ2n) is 8.00. The van der Waals surface area contributed by atoms with Gasteiger partial charge in [-0.15, -0.1) is 0 Å². The second kappa shape index (κ2) is 4.88. The third kappa shape index (κ3) is 2.38. The van der Waals surface area contributed by atoms with E-state index in [0.29, 0.717) is 5.56 Å². The molecule has 3 nitrogen and oxygen atoms in total. The van der Waals surface area contributed by atoms with Crippen LogP contribution in [0.2, 0.25) is 0 Å². The number of hydrogen-bond acceptors (Lipinski definition) is 3. The Hall–Kier alpha value is -1.74. The summed E-state index contributed by atoms with van der Waals surface area (Å²) >= 11 is 0. The van der Waals surface area contributed by atoms with E-state index in [1.54, 1.807) is 19.9 Å². The number of fused-ring (bicyclic) bond motifs is 2. The molecule has 1 N–H and O–H groups in total. The van der Waals surface area contributed by atoms with Gasteiger partial charge in [0.1, 0.15) is 0 Å². The van der Waals surface area contributed by atoms with Crippen LogP contribution in [0.5, 0.6) is 0 Å². The van der Waals surface area contributed by atoms with Crippen molar-refractivity contribution in [3.63, 3.8) is 0 Å². The summed E-state index contributed by atoms with van der Waals surface area (Å²) in [5, 5.41) is 10.2. The minimum absolute atomic E-state index is 0.0701. The number of aliphatic hydroxyl groups is 1. The predicted molar refractivity (Wildman–Crippen MR) is 90.8 cm³/mol. The minimum atomic E-state index is -1.32. The molecule has 2 aliphatic rings. The second-order valence-corrected chi connectivity index (χ2v) is 8.00. The van der Waals surface area contributed by atoms with E-state index in [-0.39, 0.29) is 11.0 Å². The van der Waals surface area contributed by atoms with Gasteiger partial charge in [0.2, 0.25) is 11.6 Å². The highest BCUT2D eigenvalue weighted by molar-refractivity contribution is 6.52. The molecule has 0 unspecified atom stereocenters. The number of carbonyl (C=O) groups excluding carboxylic acids is 2. The van der Waals surface area contributed by atoms with Crippen molar-refractivity contribution in [3.05, 3.63) is 39.5 Å². The maximum atomic E-state index is 12.6. The van der Waals surface area contributed by atoms with Gasteiger partial charge in [0, 0.05) is 11.1 Å². The molecular formula is C20H24O3. The van der Waals surface area contributed by atoms with Crippen molar-refractivity contribution < 1.29 is 14.7 Å². The first kappa shape index (κ1) is 16.1. The molecule has 122 valence electrons. The fraction of sp³-hybridized carbons (Fsp3) is 0.500. The van der Waals surface area contributed by atoms with Gasteiger partial charge in [0.05, 0.1) is 5.60 Å². The molecular weight excluding hydrogens is 288 g/mol. The summed E-state index contributed by atoms with van der Waals surface area (Å²) in [4.78, 5) is 25.0. The van der Waals surface area contributed by atoms with Crippen LogP contribution < -0.4 is 0 Å². The number of carbonyl (C=O) groups is 2. The first-order valence-corrected chi connectivity index (χ1v) is 8.24. The molecule has 0 bridgehead atoms. The largest absolute Gasteiger partial charge is 0.386 e. The van der Waals surface area contributed by atoms with Crippen molar-refractivity contribution in [2.24, 2.45) is 0 Å². The summed E-state index contributed by atoms with van der Waals surface area (Å²) < 4.78 is 0. The fourth-order valence-electron chi connectivity index (χ4n) is 3.98. The van der Waals surface area contributed by atoms with E-state index in [1.165, 1.54) is 11.1 Å². The molecule has 0 radical (unpaired) electrons. The SMILES string of the molecule is Cc1c2c(cc3c1C(=O)C(=O)C(C(C)(C)O)=C3)C(C)(C)CCC2. The predicted octanol–water partition coefficient (Wildman–Crippen LogP) is 3.53. The topological polar surface area (TPSA) is 54.4 Å². The summed E-state index contributed by atoms with van der Waals surface area (Å²) in [6.07, 6.45) is 4.89. The molecule has 1 aromatic carbocycles. The number of benzene rings is 1. The van der Waals surface area contributed by atoms with Crippen LogP contribution in [0.25, 0.3) is 6.08 Å². The van der Waals surface area contributed by atoms with Crippen molar-refractivity contribution in [1.29, 1.82) is 0 Å². The molecule has 0 aromatic heterocycles. The lowest BCUT2D eigenvalue weighted by molar-refractivity contribution is -0.113. The standard InChI is InChI=1S/C20H24O3/c1-11-13-7-6-8-19(2,3)14(13)9-12-10-15(20(4,5)23)17(21)18(22)16(11)12/h9-10,23H,6-8H2,1-5H3. The van der Waals surface area contributed by atoms with Gasteiger partial charge < -0.3 is 5.11 Å². The van der Waals surface area contributed by atoms with Gasteiger partial charge in [-0.2, -0.15) is 0 Å². The van der Waals surface area contributed by atoms with Crippen LogP contribution in [0.4, 0.5) is 0 Å². The Kier molecular flexibility index (Phi) is 3.42. The Balaban J connectivity index is 2.32. The molecule has 0 saturated heterocycles. The van der Waals surface area contributed by atoms with Crippen LogP contribution in [0.1, 0.15) is 73.1 Å². The van der Waals surface area contributed by atoms with Gasteiger partial charge in [-0.1, -0.05) is 19.9 Å². The number of ketones is 2. The van der Waals surface area contributed by atoms with Gasteiger partial charge in [0.25, 0.3) is 0 Å². The Morgan fingerprint density at radius 2 is 1.83 bits per heavy atom. The minimum Gasteiger partial charge on any atom is -0.386 e. The maximum Gasteiger partial charge on any atom is 0.234 e. The summed E-state index contributed by atoms with van der Waals surface area (Å²) in [5.41, 5.74) is 3.68. The summed E-state index contributed by atoms with van der Waals surface area (Å²) in [6.45, 7) is 9.50. The molecule has 1 aromatic rings. The average molecular weight is 312 g/mol. The number of rotatable bonds is 1. The van der Waals surface area contributed by atoms with Gasteiger partial charge in [-0.05, 0) is 73.8 Å². The zero-order valence-electron chi connectivity index (χ0n) is 14.5. The van der Waals surface area contributed by atoms with E-state index < -0.39 is 17.2 Å². The maximum absolute atomic E-state index is 12.6. The van der Waals surface area contributed by atoms with E-state index in [9.17, 15) is 14.7 Å². The molecule has 3 rings (SSSR count). The van der Waals surface area contributed by atoms with E-state index in [2.05, 4.69) is 19.9 Å². The molecule has 0 aliphatic heterocycles. The number of Topliss-reactive ketones (excluding diaryl/α,β-unsaturated/α-hetero) is 2. The van der Waals surface area contributed by atoms with Crippen molar-refractivity contribution in [3.8, 4) is 0 Å². The molecule has 0 heterocycles. The van der Waals surface area contributed by atoms with Gasteiger partial charge >= 0.3 is 0 Å². The third-order valence-corrected chi connectivity index (χ3v) is 5.34. The smallest absolute Gasteiger partial charge is 0.234 e. The molecule has 0 amide bonds. The quantitative estimate of drug-likeness (QED) is 0.807. The van der Waals surface area contributed by atoms with Crippen LogP contribution in [-0.2, 0) is 16.6 Å². The van der Waals surface area contributed by atoms with Crippen LogP contribution in [0.15, 0.2) is 11.6 Å². The Bertz CT molecular complexity index is 758. The Morgan fingerprint density at radius 1 is 1.17 bits per heavy atom. The summed E-state index contributed by atoms with van der Waals surface area (Å²) in [7, 11) is 0. The fourth-order valence-corrected chi connectivity index (χ4v) is 3.98. The normalized spacial score (nSPS) is 20.0. The first-order chi connectivity index (χ1) is 10.5. The highest BCUT2D eigenvalue weighted by Gasteiger charge is 2.38. The van der Waals surface area contributed by atoms with Gasteiger partial charge in [-0.3, -0.25) is 9.59 Å². The van der Waals surface area contributed by atoms with E-state index in [1.807, 2.05) is 6.92 Å². The average Bonchev–Trinajstić information content (AvgIpc) is 2.42. The van der Waals surface area contributed by atoms with Crippen molar-refractivity contribution in [2.45, 2.75) is 64.9 Å². The van der Waals surface area contributed by atoms with Gasteiger partial charge in [-0.25, -0.2) is 0 Å². The molecule has 0 fully saturated rings. The van der Waals surface area contributed by atoms with Crippen molar-refractivity contribution in [2.75, 3.05) is 0 Å². The van der Waals surface area contributed by atoms with Crippen molar-refractivity contribution in [1.82, 2.24) is 0 Å². The Morgan fingerprint density at radius 3 is 2.43 bits per heavy atom. The third-order valence-electron chi connectivity index (χ3n) is 5.34. The Labute approximate surface area is 137 Å². The zero-order valence-corrected chi connectivity index (χ0v) is 14.5. The van der Waals surface area contributed by atoms with Gasteiger partial charge in [0.15, 0.2) is 0 Å². The molecule has 0 atom stereocenters. The zero-order chi connectivity index (χ0) is 17.2. The highest BCUT2D eigenvalue weighted by atomic mass is 16.3. The van der Waals surface area contributed by atoms with E-state index in [0.717, 1.165) is 30.4 Å². The van der Waals surface area contributed by atoms with Crippen LogP contribution in [0.3, 0.4) is 0 Å². The molecule has 3 heteroatoms. The van der Waals surface area contributed by atoms with E-state index in [4.69, 9.17) is 0 Å². The lowest BCUT2D eigenvalue weighted by Gasteiger charge is -2.35. The lowest BCUT2D eigenvalue weighted by Crippen LogP contribution is -2.35. The highest BCUT2D eigenvalue weighted by Crippen LogP contribution is 2.42. The summed E-state index contributed by atoms with van der Waals surface area (Å²) in [6, 6.07) is 2.06. The molecule has 0 saturated carbocycles. The van der Waals surface area contributed by atoms with Crippen molar-refractivity contribution >= 4 is 17.6 Å². The van der Waals surface area contributed by atoms with Crippen LogP contribution in [-0.4, -0.2) is 22.3 Å². The lowest BCUT2D eigenvalue weighted by atomic mass is 9.68. The number of hydrogen-bond donors (Lipinski definition) is 1. The van der Waals surface area contributed by atoms with E-state index >= 15 is 0 Å². The monoisotopic (exact) mass is 312 g/mol. The summed E-state index contributed by atoms with van der Waals surface area (Å²) in [5.74, 6) is -1.06. The molecule has 2 aliphatic carbocycles. The molecule has 0 spiro atoms. The first-order valence-electron chi connectivity index (χ1n) is 8.24. The van der Waals surface area contributed by atoms with Crippen LogP contribution >= 0.6 is 0 Å².